The number of hydrogen-bond donors (Lipinski definition) is 3. The fourth-order valence-electron chi connectivity index (χ4n) is 5.20. The van der Waals surface area contributed by atoms with Crippen LogP contribution >= 0.6 is 11.6 Å². The van der Waals surface area contributed by atoms with Crippen molar-refractivity contribution < 1.29 is 14.7 Å². The number of fused-ring (bicyclic) bond motifs is 1. The normalized spacial score (nSPS) is 27.4. The molecule has 0 radical (unpaired) electrons. The average Bonchev–Trinajstić information content (AvgIpc) is 3.22. The molecule has 2 heterocycles. The minimum atomic E-state index is -0.921. The first kappa shape index (κ1) is 21.1. The molecule has 0 bridgehead atoms. The topological polar surface area (TPSA) is 89.7 Å². The molecule has 7 heteroatoms. The number of benzene rings is 2. The monoisotopic (exact) mass is 452 g/mol. The van der Waals surface area contributed by atoms with Crippen molar-refractivity contribution >= 4 is 17.3 Å². The van der Waals surface area contributed by atoms with Crippen LogP contribution in [0.15, 0.2) is 69.6 Å². The van der Waals surface area contributed by atoms with Gasteiger partial charge in [-0.05, 0) is 23.8 Å². The van der Waals surface area contributed by atoms with E-state index < -0.39 is 29.7 Å². The van der Waals surface area contributed by atoms with E-state index in [0.717, 1.165) is 22.5 Å². The first-order valence-corrected chi connectivity index (χ1v) is 11.0. The lowest BCUT2D eigenvalue weighted by atomic mass is 9.64. The number of H-pyrrole nitrogens is 1. The van der Waals surface area contributed by atoms with Crippen molar-refractivity contribution in [2.24, 2.45) is 5.92 Å². The van der Waals surface area contributed by atoms with Crippen LogP contribution in [0.1, 0.15) is 30.9 Å². The Labute approximate surface area is 190 Å². The number of hydrogen-bond acceptors (Lipinski definition) is 5. The summed E-state index contributed by atoms with van der Waals surface area (Å²) in [6, 6.07) is 15.1. The lowest BCUT2D eigenvalue weighted by Crippen LogP contribution is -2.54. The van der Waals surface area contributed by atoms with E-state index in [-0.39, 0.29) is 11.0 Å². The van der Waals surface area contributed by atoms with Gasteiger partial charge in [-0.2, -0.15) is 0 Å². The Bertz CT molecular complexity index is 1250. The standard InChI is InChI=1S/C25H25ClN2O4/c1-25(2)16-11-14(26)9-10-17(16)28(3)18(25)12-15-22(29)20(23(15)30)19-21(27-32-24(19)31)13-7-5-4-6-8-13/h4-12,15,20,22-23,27,29-30H,1-3H3. The zero-order valence-electron chi connectivity index (χ0n) is 18.0. The molecule has 3 aromatic rings. The van der Waals surface area contributed by atoms with E-state index in [0.29, 0.717) is 10.7 Å². The number of aromatic nitrogens is 1. The first-order valence-electron chi connectivity index (χ1n) is 10.6. The molecule has 0 spiro atoms. The van der Waals surface area contributed by atoms with Crippen LogP contribution < -0.4 is 10.5 Å². The Morgan fingerprint density at radius 3 is 2.50 bits per heavy atom. The van der Waals surface area contributed by atoms with E-state index in [1.54, 1.807) is 0 Å². The van der Waals surface area contributed by atoms with Gasteiger partial charge in [-0.25, -0.2) is 9.95 Å². The van der Waals surface area contributed by atoms with Crippen LogP contribution in [-0.2, 0) is 5.41 Å². The predicted octanol–water partition coefficient (Wildman–Crippen LogP) is 4.04. The summed E-state index contributed by atoms with van der Waals surface area (Å²) in [7, 11) is 1.97. The number of nitrogens with zero attached hydrogens (tertiary/aromatic N) is 1. The molecule has 6 nitrogen and oxygen atoms in total. The smallest absolute Gasteiger partial charge is 0.361 e. The van der Waals surface area contributed by atoms with Crippen molar-refractivity contribution in [3.8, 4) is 11.3 Å². The summed E-state index contributed by atoms with van der Waals surface area (Å²) < 4.78 is 5.04. The fourth-order valence-corrected chi connectivity index (χ4v) is 5.37. The summed E-state index contributed by atoms with van der Waals surface area (Å²) in [5.74, 6) is -1.25. The Hall–Kier alpha value is -2.80. The van der Waals surface area contributed by atoms with E-state index in [9.17, 15) is 15.0 Å². The number of likely N-dealkylation sites (N-methyl/N-ethyl adjacent to an activating group) is 1. The van der Waals surface area contributed by atoms with Gasteiger partial charge in [0.05, 0.1) is 23.5 Å². The zero-order chi connectivity index (χ0) is 22.8. The van der Waals surface area contributed by atoms with E-state index >= 15 is 0 Å². The zero-order valence-corrected chi connectivity index (χ0v) is 18.8. The third-order valence-electron chi connectivity index (χ3n) is 7.00. The van der Waals surface area contributed by atoms with Gasteiger partial charge in [0.15, 0.2) is 0 Å². The minimum absolute atomic E-state index is 0.278. The van der Waals surface area contributed by atoms with Crippen molar-refractivity contribution in [1.82, 2.24) is 5.16 Å². The molecule has 3 N–H and O–H groups in total. The highest BCUT2D eigenvalue weighted by atomic mass is 35.5. The molecule has 5 rings (SSSR count). The van der Waals surface area contributed by atoms with Gasteiger partial charge in [0, 0.05) is 46.3 Å². The molecule has 0 saturated heterocycles. The quantitative estimate of drug-likeness (QED) is 0.558. The van der Waals surface area contributed by atoms with E-state index in [1.165, 1.54) is 0 Å². The van der Waals surface area contributed by atoms with E-state index in [2.05, 4.69) is 23.9 Å². The number of nitrogens with one attached hydrogen (secondary N) is 1. The highest BCUT2D eigenvalue weighted by molar-refractivity contribution is 6.30. The summed E-state index contributed by atoms with van der Waals surface area (Å²) in [6.07, 6.45) is 0.0845. The second-order valence-corrected chi connectivity index (χ2v) is 9.56. The molecule has 32 heavy (non-hydrogen) atoms. The number of allylic oxidation sites excluding steroid dienone is 1. The molecule has 2 unspecified atom stereocenters. The third-order valence-corrected chi connectivity index (χ3v) is 7.24. The maximum atomic E-state index is 12.5. The number of aliphatic hydroxyl groups excluding tert-OH is 2. The van der Waals surface area contributed by atoms with Gasteiger partial charge in [0.25, 0.3) is 0 Å². The summed E-state index contributed by atoms with van der Waals surface area (Å²) in [4.78, 5) is 14.5. The molecule has 1 aromatic heterocycles. The number of halogens is 1. The maximum absolute atomic E-state index is 12.5. The van der Waals surface area contributed by atoms with Gasteiger partial charge >= 0.3 is 5.63 Å². The Balaban J connectivity index is 1.49. The van der Waals surface area contributed by atoms with Crippen molar-refractivity contribution in [2.75, 3.05) is 11.9 Å². The minimum Gasteiger partial charge on any atom is -0.392 e. The summed E-state index contributed by atoms with van der Waals surface area (Å²) in [5, 5.41) is 25.4. The molecule has 0 amide bonds. The van der Waals surface area contributed by atoms with Crippen LogP contribution in [0.25, 0.3) is 11.3 Å². The van der Waals surface area contributed by atoms with Crippen molar-refractivity contribution in [3.63, 3.8) is 0 Å². The highest BCUT2D eigenvalue weighted by Gasteiger charge is 2.52. The molecule has 1 saturated carbocycles. The van der Waals surface area contributed by atoms with Gasteiger partial charge in [-0.1, -0.05) is 61.9 Å². The first-order chi connectivity index (χ1) is 15.2. The van der Waals surface area contributed by atoms with Crippen molar-refractivity contribution in [3.05, 3.63) is 86.9 Å². The van der Waals surface area contributed by atoms with Crippen LogP contribution in [0.4, 0.5) is 5.69 Å². The maximum Gasteiger partial charge on any atom is 0.361 e. The molecule has 2 aliphatic rings. The van der Waals surface area contributed by atoms with Crippen LogP contribution in [-0.4, -0.2) is 34.6 Å². The van der Waals surface area contributed by atoms with Gasteiger partial charge < -0.3 is 19.6 Å². The van der Waals surface area contributed by atoms with Crippen LogP contribution in [0.5, 0.6) is 0 Å². The second-order valence-electron chi connectivity index (χ2n) is 9.13. The SMILES string of the molecule is CN1C(=CC2C(O)C(c3c(-c4ccccc4)[nH]oc3=O)C2O)C(C)(C)c2cc(Cl)ccc21. The van der Waals surface area contributed by atoms with Crippen molar-refractivity contribution in [2.45, 2.75) is 37.4 Å². The van der Waals surface area contributed by atoms with Crippen LogP contribution in [0, 0.1) is 5.92 Å². The molecular formula is C25H25ClN2O4. The van der Waals surface area contributed by atoms with E-state index in [1.807, 2.05) is 61.7 Å². The number of rotatable bonds is 3. The van der Waals surface area contributed by atoms with Gasteiger partial charge in [-0.15, -0.1) is 0 Å². The molecule has 2 aromatic carbocycles. The predicted molar refractivity (Wildman–Crippen MR) is 124 cm³/mol. The summed E-state index contributed by atoms with van der Waals surface area (Å²) in [5.41, 5.74) is 3.73. The van der Waals surface area contributed by atoms with Crippen LogP contribution in [0.2, 0.25) is 5.02 Å². The molecule has 1 fully saturated rings. The largest absolute Gasteiger partial charge is 0.392 e. The number of aliphatic hydroxyl groups is 2. The Kier molecular flexibility index (Phi) is 4.85. The van der Waals surface area contributed by atoms with Crippen LogP contribution in [0.3, 0.4) is 0 Å². The Morgan fingerprint density at radius 2 is 1.81 bits per heavy atom. The molecule has 166 valence electrons. The molecule has 1 aliphatic carbocycles. The van der Waals surface area contributed by atoms with E-state index in [4.69, 9.17) is 16.1 Å². The molecular weight excluding hydrogens is 428 g/mol. The fraction of sp³-hybridized carbons (Fsp3) is 0.320. The second kappa shape index (κ2) is 7.37. The van der Waals surface area contributed by atoms with Gasteiger partial charge in [0.1, 0.15) is 0 Å². The molecule has 1 aliphatic heterocycles. The van der Waals surface area contributed by atoms with Gasteiger partial charge in [0.2, 0.25) is 0 Å². The highest BCUT2D eigenvalue weighted by Crippen LogP contribution is 2.51. The number of aromatic amines is 1. The Morgan fingerprint density at radius 1 is 1.12 bits per heavy atom. The summed E-state index contributed by atoms with van der Waals surface area (Å²) >= 11 is 6.23. The third kappa shape index (κ3) is 2.98. The lowest BCUT2D eigenvalue weighted by molar-refractivity contribution is -0.0951. The number of anilines is 1. The lowest BCUT2D eigenvalue weighted by Gasteiger charge is -2.45. The summed E-state index contributed by atoms with van der Waals surface area (Å²) in [6.45, 7) is 4.20. The van der Waals surface area contributed by atoms with Crippen molar-refractivity contribution in [1.29, 1.82) is 0 Å². The average molecular weight is 453 g/mol. The van der Waals surface area contributed by atoms with Gasteiger partial charge in [-0.3, -0.25) is 0 Å². The molecule has 2 atom stereocenters.